The summed E-state index contributed by atoms with van der Waals surface area (Å²) in [7, 11) is 1.29. The van der Waals surface area contributed by atoms with E-state index in [1.165, 1.54) is 18.4 Å². The fourth-order valence-electron chi connectivity index (χ4n) is 2.46. The van der Waals surface area contributed by atoms with Crippen molar-refractivity contribution in [3.63, 3.8) is 0 Å². The molecule has 1 atom stereocenters. The summed E-state index contributed by atoms with van der Waals surface area (Å²) >= 11 is 4.84. The highest BCUT2D eigenvalue weighted by Gasteiger charge is 2.24. The first-order chi connectivity index (χ1) is 13.6. The molecule has 0 saturated heterocycles. The molecule has 0 aliphatic carbocycles. The molecule has 0 aliphatic rings. The third-order valence-electron chi connectivity index (χ3n) is 3.88. The lowest BCUT2D eigenvalue weighted by atomic mass is 10.1. The number of ether oxygens (including phenoxy) is 2. The maximum atomic E-state index is 12.7. The lowest BCUT2D eigenvalue weighted by molar-refractivity contribution is -0.143. The van der Waals surface area contributed by atoms with E-state index in [2.05, 4.69) is 26.2 Å². The lowest BCUT2D eigenvalue weighted by Gasteiger charge is -2.17. The quantitative estimate of drug-likeness (QED) is 0.536. The van der Waals surface area contributed by atoms with Crippen molar-refractivity contribution in [1.82, 2.24) is 10.3 Å². The van der Waals surface area contributed by atoms with E-state index in [1.807, 2.05) is 5.38 Å². The molecule has 0 spiro atoms. The van der Waals surface area contributed by atoms with Crippen LogP contribution < -0.4 is 10.1 Å². The molecular formula is C20H17BrN2O4S. The summed E-state index contributed by atoms with van der Waals surface area (Å²) in [6.45, 7) is 0.318. The van der Waals surface area contributed by atoms with Gasteiger partial charge in [0.05, 0.1) is 18.3 Å². The standard InChI is InChI=1S/C20H17BrN2O4S/c1-26-20(25)18(13-5-7-15(21)8-6-13)23-19(24)14-3-2-4-17(9-14)27-10-16-11-28-12-22-16/h2-9,11-12,18H,10H2,1H3,(H,23,24). The zero-order valence-electron chi connectivity index (χ0n) is 14.9. The van der Waals surface area contributed by atoms with Crippen LogP contribution in [0.4, 0.5) is 0 Å². The Bertz CT molecular complexity index is 945. The molecule has 8 heteroatoms. The van der Waals surface area contributed by atoms with Crippen molar-refractivity contribution in [1.29, 1.82) is 0 Å². The van der Waals surface area contributed by atoms with Crippen LogP contribution >= 0.6 is 27.3 Å². The molecule has 1 N–H and O–H groups in total. The van der Waals surface area contributed by atoms with Crippen LogP contribution in [0.5, 0.6) is 5.75 Å². The number of carbonyl (C=O) groups excluding carboxylic acids is 2. The van der Waals surface area contributed by atoms with E-state index in [4.69, 9.17) is 9.47 Å². The molecule has 0 saturated carbocycles. The van der Waals surface area contributed by atoms with Crippen molar-refractivity contribution < 1.29 is 19.1 Å². The topological polar surface area (TPSA) is 77.5 Å². The van der Waals surface area contributed by atoms with Gasteiger partial charge in [0.2, 0.25) is 0 Å². The number of rotatable bonds is 7. The van der Waals surface area contributed by atoms with Gasteiger partial charge in [-0.15, -0.1) is 11.3 Å². The number of halogens is 1. The van der Waals surface area contributed by atoms with Gasteiger partial charge in [-0.2, -0.15) is 0 Å². The maximum Gasteiger partial charge on any atom is 0.333 e. The molecule has 1 amide bonds. The van der Waals surface area contributed by atoms with Crippen LogP contribution in [0.1, 0.15) is 27.7 Å². The minimum atomic E-state index is -0.912. The molecule has 0 fully saturated rings. The molecule has 0 aliphatic heterocycles. The van der Waals surface area contributed by atoms with Crippen molar-refractivity contribution >= 4 is 39.1 Å². The van der Waals surface area contributed by atoms with Crippen molar-refractivity contribution in [2.75, 3.05) is 7.11 Å². The van der Waals surface area contributed by atoms with E-state index in [1.54, 1.807) is 54.0 Å². The summed E-state index contributed by atoms with van der Waals surface area (Å²) in [5.74, 6) is -0.414. The Kier molecular flexibility index (Phi) is 6.78. The van der Waals surface area contributed by atoms with Crippen LogP contribution in [0.15, 0.2) is 63.9 Å². The van der Waals surface area contributed by atoms with Crippen molar-refractivity contribution in [2.24, 2.45) is 0 Å². The number of methoxy groups -OCH3 is 1. The number of benzene rings is 2. The largest absolute Gasteiger partial charge is 0.487 e. The lowest BCUT2D eigenvalue weighted by Crippen LogP contribution is -2.34. The number of hydrogen-bond acceptors (Lipinski definition) is 6. The molecular weight excluding hydrogens is 444 g/mol. The smallest absolute Gasteiger partial charge is 0.333 e. The van der Waals surface area contributed by atoms with Gasteiger partial charge in [0.15, 0.2) is 6.04 Å². The highest BCUT2D eigenvalue weighted by atomic mass is 79.9. The summed E-state index contributed by atoms with van der Waals surface area (Å²) in [4.78, 5) is 29.0. The molecule has 0 radical (unpaired) electrons. The molecule has 0 bridgehead atoms. The minimum Gasteiger partial charge on any atom is -0.487 e. The van der Waals surface area contributed by atoms with E-state index in [0.29, 0.717) is 23.5 Å². The second-order valence-corrected chi connectivity index (χ2v) is 7.41. The SMILES string of the molecule is COC(=O)C(NC(=O)c1cccc(OCc2cscn2)c1)c1ccc(Br)cc1. The van der Waals surface area contributed by atoms with E-state index < -0.39 is 17.9 Å². The third kappa shape index (κ3) is 5.17. The maximum absolute atomic E-state index is 12.7. The molecule has 3 rings (SSSR count). The number of carbonyl (C=O) groups is 2. The molecule has 6 nitrogen and oxygen atoms in total. The van der Waals surface area contributed by atoms with Gasteiger partial charge in [0.1, 0.15) is 12.4 Å². The highest BCUT2D eigenvalue weighted by molar-refractivity contribution is 9.10. The molecule has 1 aromatic heterocycles. The Hall–Kier alpha value is -2.71. The van der Waals surface area contributed by atoms with Crippen LogP contribution in [0, 0.1) is 0 Å². The molecule has 144 valence electrons. The number of hydrogen-bond donors (Lipinski definition) is 1. The first-order valence-corrected chi connectivity index (χ1v) is 10.0. The number of nitrogens with zero attached hydrogens (tertiary/aromatic N) is 1. The zero-order valence-corrected chi connectivity index (χ0v) is 17.3. The third-order valence-corrected chi connectivity index (χ3v) is 5.05. The van der Waals surface area contributed by atoms with Crippen LogP contribution in [0.25, 0.3) is 0 Å². The van der Waals surface area contributed by atoms with E-state index in [0.717, 1.165) is 10.2 Å². The molecule has 3 aromatic rings. The van der Waals surface area contributed by atoms with Gasteiger partial charge in [-0.05, 0) is 35.9 Å². The number of amides is 1. The molecule has 1 unspecified atom stereocenters. The van der Waals surface area contributed by atoms with Crippen LogP contribution in [-0.2, 0) is 16.1 Å². The summed E-state index contributed by atoms with van der Waals surface area (Å²) in [5, 5.41) is 4.62. The summed E-state index contributed by atoms with van der Waals surface area (Å²) in [6, 6.07) is 12.9. The zero-order chi connectivity index (χ0) is 19.9. The predicted octanol–water partition coefficient (Wildman–Crippen LogP) is 4.13. The summed E-state index contributed by atoms with van der Waals surface area (Å²) < 4.78 is 11.4. The summed E-state index contributed by atoms with van der Waals surface area (Å²) in [6.07, 6.45) is 0. The Labute approximate surface area is 174 Å². The van der Waals surface area contributed by atoms with E-state index in [-0.39, 0.29) is 0 Å². The Morgan fingerprint density at radius 1 is 1.21 bits per heavy atom. The first kappa shape index (κ1) is 20.0. The van der Waals surface area contributed by atoms with Crippen molar-refractivity contribution in [3.05, 3.63) is 80.7 Å². The van der Waals surface area contributed by atoms with E-state index in [9.17, 15) is 9.59 Å². The van der Waals surface area contributed by atoms with Gasteiger partial charge in [0.25, 0.3) is 5.91 Å². The van der Waals surface area contributed by atoms with Crippen molar-refractivity contribution in [2.45, 2.75) is 12.6 Å². The Morgan fingerprint density at radius 2 is 2.00 bits per heavy atom. The predicted molar refractivity (Wildman–Crippen MR) is 109 cm³/mol. The Balaban J connectivity index is 1.73. The Morgan fingerprint density at radius 3 is 2.68 bits per heavy atom. The van der Waals surface area contributed by atoms with Gasteiger partial charge in [-0.25, -0.2) is 9.78 Å². The molecule has 28 heavy (non-hydrogen) atoms. The highest BCUT2D eigenvalue weighted by Crippen LogP contribution is 2.20. The molecule has 2 aromatic carbocycles. The number of aromatic nitrogens is 1. The van der Waals surface area contributed by atoms with Gasteiger partial charge in [-0.1, -0.05) is 34.1 Å². The van der Waals surface area contributed by atoms with Gasteiger partial charge in [-0.3, -0.25) is 4.79 Å². The average molecular weight is 461 g/mol. The normalized spacial score (nSPS) is 11.5. The minimum absolute atomic E-state index is 0.318. The second kappa shape index (κ2) is 9.48. The number of thiazole rings is 1. The second-order valence-electron chi connectivity index (χ2n) is 5.78. The van der Waals surface area contributed by atoms with Crippen molar-refractivity contribution in [3.8, 4) is 5.75 Å². The number of nitrogens with one attached hydrogen (secondary N) is 1. The first-order valence-electron chi connectivity index (χ1n) is 8.31. The summed E-state index contributed by atoms with van der Waals surface area (Å²) in [5.41, 5.74) is 3.56. The van der Waals surface area contributed by atoms with Crippen LogP contribution in [0.2, 0.25) is 0 Å². The van der Waals surface area contributed by atoms with Crippen LogP contribution in [0.3, 0.4) is 0 Å². The fourth-order valence-corrected chi connectivity index (χ4v) is 3.27. The number of esters is 1. The van der Waals surface area contributed by atoms with Gasteiger partial charge in [0, 0.05) is 15.4 Å². The van der Waals surface area contributed by atoms with Gasteiger partial charge < -0.3 is 14.8 Å². The monoisotopic (exact) mass is 460 g/mol. The average Bonchev–Trinajstić information content (AvgIpc) is 3.24. The van der Waals surface area contributed by atoms with E-state index >= 15 is 0 Å². The molecule has 1 heterocycles. The van der Waals surface area contributed by atoms with Crippen LogP contribution in [-0.4, -0.2) is 24.0 Å². The fraction of sp³-hybridized carbons (Fsp3) is 0.150. The van der Waals surface area contributed by atoms with Gasteiger partial charge >= 0.3 is 5.97 Å².